The van der Waals surface area contributed by atoms with Gasteiger partial charge < -0.3 is 0 Å². The summed E-state index contributed by atoms with van der Waals surface area (Å²) in [6.07, 6.45) is 4.79. The summed E-state index contributed by atoms with van der Waals surface area (Å²) in [6.45, 7) is 7.99. The summed E-state index contributed by atoms with van der Waals surface area (Å²) < 4.78 is 4.93. The highest BCUT2D eigenvalue weighted by atomic mass is 15.2. The summed E-state index contributed by atoms with van der Waals surface area (Å²) in [4.78, 5) is 0. The van der Waals surface area contributed by atoms with E-state index < -0.39 is 0 Å². The van der Waals surface area contributed by atoms with Crippen LogP contribution in [0.4, 0.5) is 0 Å². The molecular weight excluding hydrogens is 220 g/mol. The Morgan fingerprint density at radius 1 is 1.11 bits per heavy atom. The van der Waals surface area contributed by atoms with Gasteiger partial charge in [-0.05, 0) is 27.2 Å². The fourth-order valence-corrected chi connectivity index (χ4v) is 2.86. The highest BCUT2D eigenvalue weighted by molar-refractivity contribution is 5.58. The minimum absolute atomic E-state index is 0.161. The molecule has 0 radical (unpaired) electrons. The number of rotatable bonds is 1. The third-order valence-electron chi connectivity index (χ3n) is 3.71. The van der Waals surface area contributed by atoms with Crippen molar-refractivity contribution >= 4 is 0 Å². The Balaban J connectivity index is 2.18. The van der Waals surface area contributed by atoms with Gasteiger partial charge in [-0.15, -0.1) is 0 Å². The standard InChI is InChI=1S/C16H21N2/c1-16(2,3)18-12-14(13-8-5-4-6-9-13)17-11-7-10-15(17)18/h4-6,8-9,12H,7,10-11H2,1-3H3/q+1. The van der Waals surface area contributed by atoms with Crippen LogP contribution in [0.25, 0.3) is 11.3 Å². The van der Waals surface area contributed by atoms with Crippen molar-refractivity contribution in [2.24, 2.45) is 0 Å². The largest absolute Gasteiger partial charge is 0.257 e. The van der Waals surface area contributed by atoms with Gasteiger partial charge in [0.1, 0.15) is 11.7 Å². The number of benzene rings is 1. The molecule has 94 valence electrons. The predicted molar refractivity (Wildman–Crippen MR) is 73.4 cm³/mol. The molecule has 2 nitrogen and oxygen atoms in total. The topological polar surface area (TPSA) is 8.81 Å². The lowest BCUT2D eigenvalue weighted by Crippen LogP contribution is -2.51. The number of nitrogens with zero attached hydrogens (tertiary/aromatic N) is 2. The first-order valence-corrected chi connectivity index (χ1v) is 6.77. The molecule has 0 atom stereocenters. The molecule has 18 heavy (non-hydrogen) atoms. The van der Waals surface area contributed by atoms with Crippen LogP contribution < -0.4 is 4.57 Å². The molecule has 3 rings (SSSR count). The van der Waals surface area contributed by atoms with Gasteiger partial charge in [-0.2, -0.15) is 0 Å². The van der Waals surface area contributed by atoms with Gasteiger partial charge in [-0.1, -0.05) is 30.3 Å². The molecule has 2 heterocycles. The third-order valence-corrected chi connectivity index (χ3v) is 3.71. The second-order valence-electron chi connectivity index (χ2n) is 6.09. The number of hydrogen-bond acceptors (Lipinski definition) is 0. The summed E-state index contributed by atoms with van der Waals surface area (Å²) in [6, 6.07) is 10.7. The van der Waals surface area contributed by atoms with Crippen LogP contribution in [-0.2, 0) is 18.5 Å². The SMILES string of the molecule is CC(C)(C)[n+]1cc(-c2ccccc2)n2c1CCC2. The molecule has 0 spiro atoms. The lowest BCUT2D eigenvalue weighted by molar-refractivity contribution is -0.759. The minimum atomic E-state index is 0.161. The quantitative estimate of drug-likeness (QED) is 0.678. The van der Waals surface area contributed by atoms with Gasteiger partial charge in [0, 0.05) is 5.56 Å². The van der Waals surface area contributed by atoms with E-state index in [1.54, 1.807) is 0 Å². The summed E-state index contributed by atoms with van der Waals surface area (Å²) in [5.41, 5.74) is 2.84. The van der Waals surface area contributed by atoms with Gasteiger partial charge in [0.25, 0.3) is 5.82 Å². The van der Waals surface area contributed by atoms with Crippen molar-refractivity contribution in [2.75, 3.05) is 0 Å². The molecule has 1 aromatic carbocycles. The molecule has 0 unspecified atom stereocenters. The summed E-state index contributed by atoms with van der Waals surface area (Å²) in [7, 11) is 0. The zero-order valence-electron chi connectivity index (χ0n) is 11.5. The molecule has 0 bridgehead atoms. The van der Waals surface area contributed by atoms with Crippen LogP contribution in [0.1, 0.15) is 33.0 Å². The van der Waals surface area contributed by atoms with Gasteiger partial charge in [0.05, 0.1) is 13.0 Å². The maximum Gasteiger partial charge on any atom is 0.257 e. The van der Waals surface area contributed by atoms with Crippen LogP contribution in [0.3, 0.4) is 0 Å². The average molecular weight is 241 g/mol. The van der Waals surface area contributed by atoms with E-state index in [0.29, 0.717) is 0 Å². The van der Waals surface area contributed by atoms with Crippen molar-refractivity contribution in [1.29, 1.82) is 0 Å². The van der Waals surface area contributed by atoms with E-state index in [-0.39, 0.29) is 5.54 Å². The molecule has 0 aliphatic carbocycles. The summed E-state index contributed by atoms with van der Waals surface area (Å²) >= 11 is 0. The molecule has 0 N–H and O–H groups in total. The Morgan fingerprint density at radius 3 is 2.50 bits per heavy atom. The smallest absolute Gasteiger partial charge is 0.229 e. The van der Waals surface area contributed by atoms with Gasteiger partial charge in [0.2, 0.25) is 0 Å². The molecule has 0 saturated heterocycles. The Morgan fingerprint density at radius 2 is 1.83 bits per heavy atom. The Labute approximate surface area is 109 Å². The molecule has 1 aromatic heterocycles. The Hall–Kier alpha value is -1.57. The highest BCUT2D eigenvalue weighted by Gasteiger charge is 2.33. The Bertz CT molecular complexity index is 559. The van der Waals surface area contributed by atoms with Crippen LogP contribution in [-0.4, -0.2) is 4.57 Å². The second-order valence-corrected chi connectivity index (χ2v) is 6.09. The summed E-state index contributed by atoms with van der Waals surface area (Å²) in [5, 5.41) is 0. The number of aromatic nitrogens is 2. The van der Waals surface area contributed by atoms with Crippen molar-refractivity contribution in [3.63, 3.8) is 0 Å². The van der Waals surface area contributed by atoms with Crippen LogP contribution in [0.2, 0.25) is 0 Å². The van der Waals surface area contributed by atoms with Crippen LogP contribution >= 0.6 is 0 Å². The van der Waals surface area contributed by atoms with Crippen molar-refractivity contribution in [1.82, 2.24) is 4.57 Å². The number of fused-ring (bicyclic) bond motifs is 1. The van der Waals surface area contributed by atoms with Crippen LogP contribution in [0.5, 0.6) is 0 Å². The monoisotopic (exact) mass is 241 g/mol. The third kappa shape index (κ3) is 1.76. The molecular formula is C16H21N2+. The second kappa shape index (κ2) is 3.98. The van der Waals surface area contributed by atoms with Crippen molar-refractivity contribution < 1.29 is 4.57 Å². The van der Waals surface area contributed by atoms with Gasteiger partial charge in [0.15, 0.2) is 5.69 Å². The molecule has 0 fully saturated rings. The van der Waals surface area contributed by atoms with Gasteiger partial charge in [-0.3, -0.25) is 0 Å². The van der Waals surface area contributed by atoms with E-state index >= 15 is 0 Å². The van der Waals surface area contributed by atoms with E-state index in [4.69, 9.17) is 0 Å². The number of imidazole rings is 1. The van der Waals surface area contributed by atoms with Gasteiger partial charge in [-0.25, -0.2) is 9.13 Å². The molecule has 2 heteroatoms. The fourth-order valence-electron chi connectivity index (χ4n) is 2.86. The zero-order valence-corrected chi connectivity index (χ0v) is 11.5. The molecule has 0 amide bonds. The first-order chi connectivity index (χ1) is 8.57. The maximum absolute atomic E-state index is 2.49. The predicted octanol–water partition coefficient (Wildman–Crippen LogP) is 3.14. The Kier molecular flexibility index (Phi) is 2.54. The van der Waals surface area contributed by atoms with Crippen molar-refractivity contribution in [3.8, 4) is 11.3 Å². The average Bonchev–Trinajstić information content (AvgIpc) is 2.89. The molecule has 1 aliphatic rings. The van der Waals surface area contributed by atoms with Crippen molar-refractivity contribution in [3.05, 3.63) is 42.4 Å². The molecule has 1 aliphatic heterocycles. The van der Waals surface area contributed by atoms with E-state index in [1.165, 1.54) is 29.9 Å². The van der Waals surface area contributed by atoms with E-state index in [0.717, 1.165) is 6.54 Å². The molecule has 0 saturated carbocycles. The fraction of sp³-hybridized carbons (Fsp3) is 0.438. The normalized spacial score (nSPS) is 14.8. The van der Waals surface area contributed by atoms with E-state index in [1.807, 2.05) is 0 Å². The van der Waals surface area contributed by atoms with Crippen LogP contribution in [0, 0.1) is 0 Å². The molecule has 2 aromatic rings. The summed E-state index contributed by atoms with van der Waals surface area (Å²) in [5.74, 6) is 1.47. The van der Waals surface area contributed by atoms with E-state index in [9.17, 15) is 0 Å². The lowest BCUT2D eigenvalue weighted by atomic mass is 10.1. The highest BCUT2D eigenvalue weighted by Crippen LogP contribution is 2.26. The number of hydrogen-bond donors (Lipinski definition) is 0. The maximum atomic E-state index is 2.49. The van der Waals surface area contributed by atoms with Crippen molar-refractivity contribution in [2.45, 2.75) is 45.7 Å². The van der Waals surface area contributed by atoms with Crippen LogP contribution in [0.15, 0.2) is 36.5 Å². The minimum Gasteiger partial charge on any atom is -0.229 e. The first-order valence-electron chi connectivity index (χ1n) is 6.77. The first kappa shape index (κ1) is 11.5. The zero-order chi connectivity index (χ0) is 12.8. The van der Waals surface area contributed by atoms with E-state index in [2.05, 4.69) is 66.4 Å². The lowest BCUT2D eigenvalue weighted by Gasteiger charge is -2.15. The van der Waals surface area contributed by atoms with Gasteiger partial charge >= 0.3 is 0 Å².